The van der Waals surface area contributed by atoms with E-state index in [1.54, 1.807) is 23.1 Å². The molecule has 1 unspecified atom stereocenters. The Morgan fingerprint density at radius 1 is 1.57 bits per heavy atom. The lowest BCUT2D eigenvalue weighted by Gasteiger charge is -2.33. The van der Waals surface area contributed by atoms with Crippen LogP contribution in [0.2, 0.25) is 5.02 Å². The summed E-state index contributed by atoms with van der Waals surface area (Å²) >= 11 is 5.92. The lowest BCUT2D eigenvalue weighted by Crippen LogP contribution is -2.44. The van der Waals surface area contributed by atoms with Gasteiger partial charge >= 0.3 is 0 Å². The smallest absolute Gasteiger partial charge is 0.257 e. The second-order valence-corrected chi connectivity index (χ2v) is 5.48. The third kappa shape index (κ3) is 3.29. The average molecular weight is 311 g/mol. The van der Waals surface area contributed by atoms with Crippen LogP contribution in [0.1, 0.15) is 30.1 Å². The molecule has 0 radical (unpaired) electrons. The molecule has 1 amide bonds. The van der Waals surface area contributed by atoms with E-state index in [9.17, 15) is 4.79 Å². The third-order valence-corrected chi connectivity index (χ3v) is 4.09. The fourth-order valence-corrected chi connectivity index (χ4v) is 2.77. The number of carbonyl (C=O) groups is 1. The number of carbonyl (C=O) groups excluding carboxylic acids is 1. The largest absolute Gasteiger partial charge is 0.496 e. The maximum Gasteiger partial charge on any atom is 0.257 e. The maximum atomic E-state index is 12.6. The van der Waals surface area contributed by atoms with Gasteiger partial charge in [-0.3, -0.25) is 4.79 Å². The van der Waals surface area contributed by atoms with E-state index in [4.69, 9.17) is 21.5 Å². The zero-order chi connectivity index (χ0) is 15.4. The van der Waals surface area contributed by atoms with E-state index in [1.807, 2.05) is 6.92 Å². The van der Waals surface area contributed by atoms with Crippen LogP contribution in [0, 0.1) is 5.92 Å². The molecule has 0 saturated carbocycles. The van der Waals surface area contributed by atoms with E-state index in [0.717, 1.165) is 12.1 Å². The van der Waals surface area contributed by atoms with Crippen LogP contribution in [0.4, 0.5) is 0 Å². The molecule has 1 aliphatic heterocycles. The van der Waals surface area contributed by atoms with E-state index < -0.39 is 0 Å². The highest BCUT2D eigenvalue weighted by molar-refractivity contribution is 6.30. The van der Waals surface area contributed by atoms with Crippen molar-refractivity contribution in [3.8, 4) is 5.75 Å². The summed E-state index contributed by atoms with van der Waals surface area (Å²) in [6.45, 7) is 3.12. The van der Waals surface area contributed by atoms with Gasteiger partial charge < -0.3 is 14.8 Å². The van der Waals surface area contributed by atoms with Gasteiger partial charge in [-0.1, -0.05) is 23.7 Å². The number of hydrogen-bond acceptors (Lipinski definition) is 4. The zero-order valence-electron chi connectivity index (χ0n) is 12.2. The molecule has 0 bridgehead atoms. The van der Waals surface area contributed by atoms with Gasteiger partial charge in [0.1, 0.15) is 5.75 Å². The molecule has 21 heavy (non-hydrogen) atoms. The van der Waals surface area contributed by atoms with Gasteiger partial charge in [0.15, 0.2) is 0 Å². The minimum Gasteiger partial charge on any atom is -0.496 e. The van der Waals surface area contributed by atoms with Gasteiger partial charge in [-0.25, -0.2) is 0 Å². The molecular weight excluding hydrogens is 292 g/mol. The van der Waals surface area contributed by atoms with Crippen molar-refractivity contribution in [3.63, 3.8) is 0 Å². The van der Waals surface area contributed by atoms with Gasteiger partial charge in [-0.05, 0) is 24.6 Å². The Balaban J connectivity index is 2.21. The molecule has 2 rings (SSSR count). The number of methoxy groups -OCH3 is 1. The SMILES string of the molecule is CCC1CN(C(=O)c2ccc(Cl)cc2OC)CC/C1=N\O. The molecule has 0 aliphatic carbocycles. The van der Waals surface area contributed by atoms with Crippen molar-refractivity contribution in [2.45, 2.75) is 19.8 Å². The number of halogens is 1. The minimum absolute atomic E-state index is 0.0843. The second kappa shape index (κ2) is 6.80. The van der Waals surface area contributed by atoms with Crippen molar-refractivity contribution in [1.29, 1.82) is 0 Å². The predicted molar refractivity (Wildman–Crippen MR) is 81.5 cm³/mol. The van der Waals surface area contributed by atoms with Crippen LogP contribution in [0.25, 0.3) is 0 Å². The maximum absolute atomic E-state index is 12.6. The van der Waals surface area contributed by atoms with Crippen LogP contribution < -0.4 is 4.74 Å². The first-order valence-electron chi connectivity index (χ1n) is 6.94. The Bertz CT molecular complexity index is 560. The first kappa shape index (κ1) is 15.6. The molecule has 6 heteroatoms. The highest BCUT2D eigenvalue weighted by Crippen LogP contribution is 2.26. The van der Waals surface area contributed by atoms with E-state index in [0.29, 0.717) is 35.8 Å². The number of ether oxygens (including phenoxy) is 1. The molecule has 1 aliphatic rings. The van der Waals surface area contributed by atoms with Crippen molar-refractivity contribution in [2.75, 3.05) is 20.2 Å². The van der Waals surface area contributed by atoms with Crippen LogP contribution in [-0.2, 0) is 0 Å². The van der Waals surface area contributed by atoms with Crippen LogP contribution in [0.3, 0.4) is 0 Å². The highest BCUT2D eigenvalue weighted by atomic mass is 35.5. The summed E-state index contributed by atoms with van der Waals surface area (Å²) in [6, 6.07) is 5.00. The zero-order valence-corrected chi connectivity index (χ0v) is 12.9. The summed E-state index contributed by atoms with van der Waals surface area (Å²) in [4.78, 5) is 14.4. The van der Waals surface area contributed by atoms with Gasteiger partial charge in [0, 0.05) is 30.5 Å². The van der Waals surface area contributed by atoms with E-state index in [2.05, 4.69) is 5.16 Å². The number of likely N-dealkylation sites (tertiary alicyclic amines) is 1. The van der Waals surface area contributed by atoms with Gasteiger partial charge in [-0.2, -0.15) is 0 Å². The monoisotopic (exact) mass is 310 g/mol. The van der Waals surface area contributed by atoms with Crippen molar-refractivity contribution in [3.05, 3.63) is 28.8 Å². The summed E-state index contributed by atoms with van der Waals surface area (Å²) in [5, 5.41) is 12.9. The topological polar surface area (TPSA) is 62.1 Å². The van der Waals surface area contributed by atoms with Gasteiger partial charge in [-0.15, -0.1) is 0 Å². The van der Waals surface area contributed by atoms with E-state index in [-0.39, 0.29) is 11.8 Å². The number of nitrogens with zero attached hydrogens (tertiary/aromatic N) is 2. The second-order valence-electron chi connectivity index (χ2n) is 5.04. The van der Waals surface area contributed by atoms with Crippen molar-refractivity contribution in [1.82, 2.24) is 4.90 Å². The van der Waals surface area contributed by atoms with E-state index >= 15 is 0 Å². The molecule has 1 atom stereocenters. The molecule has 114 valence electrons. The fourth-order valence-electron chi connectivity index (χ4n) is 2.61. The molecule has 1 saturated heterocycles. The Morgan fingerprint density at radius 3 is 2.95 bits per heavy atom. The fraction of sp³-hybridized carbons (Fsp3) is 0.467. The summed E-state index contributed by atoms with van der Waals surface area (Å²) in [6.07, 6.45) is 1.43. The van der Waals surface area contributed by atoms with Crippen molar-refractivity contribution < 1.29 is 14.7 Å². The Labute approximate surface area is 129 Å². The minimum atomic E-state index is -0.0843. The number of piperidine rings is 1. The number of rotatable bonds is 3. The quantitative estimate of drug-likeness (QED) is 0.689. The number of hydrogen-bond donors (Lipinski definition) is 1. The van der Waals surface area contributed by atoms with Gasteiger partial charge in [0.25, 0.3) is 5.91 Å². The van der Waals surface area contributed by atoms with Crippen LogP contribution in [0.15, 0.2) is 23.4 Å². The predicted octanol–water partition coefficient (Wildman–Crippen LogP) is 3.05. The van der Waals surface area contributed by atoms with Gasteiger partial charge in [0.2, 0.25) is 0 Å². The normalized spacial score (nSPS) is 20.6. The number of oxime groups is 1. The molecule has 1 fully saturated rings. The number of amides is 1. The molecular formula is C15H19ClN2O3. The summed E-state index contributed by atoms with van der Waals surface area (Å²) < 4.78 is 5.24. The first-order chi connectivity index (χ1) is 10.1. The molecule has 1 aromatic rings. The molecule has 1 N–H and O–H groups in total. The Kier molecular flexibility index (Phi) is 5.07. The molecule has 5 nitrogen and oxygen atoms in total. The Morgan fingerprint density at radius 2 is 2.33 bits per heavy atom. The van der Waals surface area contributed by atoms with Crippen molar-refractivity contribution in [2.24, 2.45) is 11.1 Å². The molecule has 0 aromatic heterocycles. The van der Waals surface area contributed by atoms with Gasteiger partial charge in [0.05, 0.1) is 18.4 Å². The lowest BCUT2D eigenvalue weighted by atomic mass is 9.93. The molecule has 0 spiro atoms. The van der Waals surface area contributed by atoms with Crippen LogP contribution in [-0.4, -0.2) is 41.9 Å². The average Bonchev–Trinajstić information content (AvgIpc) is 2.53. The standard InChI is InChI=1S/C15H19ClN2O3/c1-3-10-9-18(7-6-13(10)17-20)15(19)12-5-4-11(16)8-14(12)21-2/h4-5,8,10,20H,3,6-7,9H2,1-2H3/b17-13+. The van der Waals surface area contributed by atoms with Crippen molar-refractivity contribution >= 4 is 23.2 Å². The molecule has 1 aromatic carbocycles. The van der Waals surface area contributed by atoms with E-state index in [1.165, 1.54) is 7.11 Å². The Hall–Kier alpha value is -1.75. The third-order valence-electron chi connectivity index (χ3n) is 3.85. The van der Waals surface area contributed by atoms with Crippen LogP contribution >= 0.6 is 11.6 Å². The summed E-state index contributed by atoms with van der Waals surface area (Å²) in [7, 11) is 1.52. The summed E-state index contributed by atoms with van der Waals surface area (Å²) in [5.74, 6) is 0.493. The first-order valence-corrected chi connectivity index (χ1v) is 7.32. The lowest BCUT2D eigenvalue weighted by molar-refractivity contribution is 0.0725. The van der Waals surface area contributed by atoms with Crippen LogP contribution in [0.5, 0.6) is 5.75 Å². The molecule has 1 heterocycles. The summed E-state index contributed by atoms with van der Waals surface area (Å²) in [5.41, 5.74) is 1.27. The number of benzene rings is 1. The highest BCUT2D eigenvalue weighted by Gasteiger charge is 2.29.